The van der Waals surface area contributed by atoms with Crippen LogP contribution in [0.15, 0.2) is 60.7 Å². The molecule has 0 saturated carbocycles. The molecule has 3 rings (SSSR count). The van der Waals surface area contributed by atoms with Gasteiger partial charge in [0, 0.05) is 22.6 Å². The SMILES string of the molecule is Cc1ccc(C)n1-c1ccc(C(=O)Nc2ccccc2C(F)(F)F)cc1. The van der Waals surface area contributed by atoms with E-state index in [1.54, 1.807) is 24.3 Å². The summed E-state index contributed by atoms with van der Waals surface area (Å²) in [6, 6.07) is 15.6. The van der Waals surface area contributed by atoms with Gasteiger partial charge in [-0.05, 0) is 62.4 Å². The Morgan fingerprint density at radius 3 is 2.04 bits per heavy atom. The van der Waals surface area contributed by atoms with Crippen molar-refractivity contribution in [2.24, 2.45) is 0 Å². The highest BCUT2D eigenvalue weighted by molar-refractivity contribution is 6.04. The van der Waals surface area contributed by atoms with Gasteiger partial charge in [0.2, 0.25) is 0 Å². The summed E-state index contributed by atoms with van der Waals surface area (Å²) in [4.78, 5) is 12.3. The van der Waals surface area contributed by atoms with Gasteiger partial charge in [0.1, 0.15) is 0 Å². The zero-order chi connectivity index (χ0) is 18.9. The molecule has 2 aromatic carbocycles. The van der Waals surface area contributed by atoms with Crippen molar-refractivity contribution in [3.63, 3.8) is 0 Å². The van der Waals surface area contributed by atoms with Crippen LogP contribution >= 0.6 is 0 Å². The molecule has 1 amide bonds. The lowest BCUT2D eigenvalue weighted by Gasteiger charge is -2.14. The average molecular weight is 358 g/mol. The summed E-state index contributed by atoms with van der Waals surface area (Å²) in [5.41, 5.74) is 2.15. The van der Waals surface area contributed by atoms with Gasteiger partial charge in [-0.25, -0.2) is 0 Å². The van der Waals surface area contributed by atoms with Gasteiger partial charge < -0.3 is 9.88 Å². The van der Waals surface area contributed by atoms with E-state index in [1.165, 1.54) is 18.2 Å². The number of anilines is 1. The third-order valence-electron chi connectivity index (χ3n) is 4.14. The van der Waals surface area contributed by atoms with Crippen molar-refractivity contribution in [2.75, 3.05) is 5.32 Å². The van der Waals surface area contributed by atoms with Crippen molar-refractivity contribution < 1.29 is 18.0 Å². The number of nitrogens with one attached hydrogen (secondary N) is 1. The second kappa shape index (κ2) is 6.71. The fraction of sp³-hybridized carbons (Fsp3) is 0.150. The normalized spacial score (nSPS) is 11.4. The maximum atomic E-state index is 13.0. The lowest BCUT2D eigenvalue weighted by molar-refractivity contribution is -0.136. The van der Waals surface area contributed by atoms with Crippen LogP contribution in [0, 0.1) is 13.8 Å². The smallest absolute Gasteiger partial charge is 0.321 e. The standard InChI is InChI=1S/C20H17F3N2O/c1-13-7-8-14(2)25(13)16-11-9-15(10-12-16)19(26)24-18-6-4-3-5-17(18)20(21,22)23/h3-12H,1-2H3,(H,24,26). The third kappa shape index (κ3) is 3.49. The number of para-hydroxylation sites is 1. The van der Waals surface area contributed by atoms with Crippen LogP contribution in [0.4, 0.5) is 18.9 Å². The Kier molecular flexibility index (Phi) is 4.59. The minimum atomic E-state index is -4.53. The molecule has 0 unspecified atom stereocenters. The zero-order valence-corrected chi connectivity index (χ0v) is 14.3. The van der Waals surface area contributed by atoms with Crippen molar-refractivity contribution in [1.82, 2.24) is 4.57 Å². The van der Waals surface area contributed by atoms with E-state index in [9.17, 15) is 18.0 Å². The van der Waals surface area contributed by atoms with Crippen molar-refractivity contribution in [3.05, 3.63) is 83.2 Å². The summed E-state index contributed by atoms with van der Waals surface area (Å²) in [7, 11) is 0. The predicted octanol–water partition coefficient (Wildman–Crippen LogP) is 5.37. The van der Waals surface area contributed by atoms with Crippen LogP contribution in [0.3, 0.4) is 0 Å². The number of hydrogen-bond donors (Lipinski definition) is 1. The van der Waals surface area contributed by atoms with Crippen molar-refractivity contribution in [3.8, 4) is 5.69 Å². The molecular formula is C20H17F3N2O. The number of nitrogens with zero attached hydrogens (tertiary/aromatic N) is 1. The van der Waals surface area contributed by atoms with Gasteiger partial charge in [-0.3, -0.25) is 4.79 Å². The second-order valence-electron chi connectivity index (χ2n) is 6.00. The highest BCUT2D eigenvalue weighted by Crippen LogP contribution is 2.34. The summed E-state index contributed by atoms with van der Waals surface area (Å²) in [6.07, 6.45) is -4.53. The molecule has 0 aliphatic heterocycles. The summed E-state index contributed by atoms with van der Waals surface area (Å²) < 4.78 is 41.1. The van der Waals surface area contributed by atoms with Crippen LogP contribution in [0.25, 0.3) is 5.69 Å². The number of alkyl halides is 3. The topological polar surface area (TPSA) is 34.0 Å². The van der Waals surface area contributed by atoms with E-state index >= 15 is 0 Å². The quantitative estimate of drug-likeness (QED) is 0.671. The number of rotatable bonds is 3. The van der Waals surface area contributed by atoms with Gasteiger partial charge in [0.15, 0.2) is 0 Å². The molecule has 0 radical (unpaired) electrons. The Hall–Kier alpha value is -3.02. The molecule has 0 saturated heterocycles. The number of benzene rings is 2. The molecule has 0 aliphatic rings. The Balaban J connectivity index is 1.84. The zero-order valence-electron chi connectivity index (χ0n) is 14.3. The fourth-order valence-electron chi connectivity index (χ4n) is 2.87. The number of aryl methyl sites for hydroxylation is 2. The molecule has 0 fully saturated rings. The fourth-order valence-corrected chi connectivity index (χ4v) is 2.87. The molecule has 6 heteroatoms. The Morgan fingerprint density at radius 1 is 0.885 bits per heavy atom. The number of aromatic nitrogens is 1. The molecule has 134 valence electrons. The maximum absolute atomic E-state index is 13.0. The Bertz CT molecular complexity index is 921. The summed E-state index contributed by atoms with van der Waals surface area (Å²) >= 11 is 0. The minimum Gasteiger partial charge on any atom is -0.321 e. The van der Waals surface area contributed by atoms with Crippen molar-refractivity contribution in [2.45, 2.75) is 20.0 Å². The largest absolute Gasteiger partial charge is 0.418 e. The van der Waals surface area contributed by atoms with E-state index in [0.717, 1.165) is 23.1 Å². The van der Waals surface area contributed by atoms with Crippen LogP contribution in [0.5, 0.6) is 0 Å². The first kappa shape index (κ1) is 17.8. The van der Waals surface area contributed by atoms with Crippen molar-refractivity contribution >= 4 is 11.6 Å². The van der Waals surface area contributed by atoms with Crippen molar-refractivity contribution in [1.29, 1.82) is 0 Å². The number of carbonyl (C=O) groups is 1. The molecule has 1 N–H and O–H groups in total. The van der Waals surface area contributed by atoms with E-state index in [-0.39, 0.29) is 11.3 Å². The monoisotopic (exact) mass is 358 g/mol. The summed E-state index contributed by atoms with van der Waals surface area (Å²) in [5, 5.41) is 2.34. The van der Waals surface area contributed by atoms with Gasteiger partial charge in [-0.2, -0.15) is 13.2 Å². The highest BCUT2D eigenvalue weighted by Gasteiger charge is 2.33. The number of carbonyl (C=O) groups excluding carboxylic acids is 1. The Labute approximate surface area is 149 Å². The number of hydrogen-bond acceptors (Lipinski definition) is 1. The molecule has 0 atom stereocenters. The first-order chi connectivity index (χ1) is 12.3. The minimum absolute atomic E-state index is 0.258. The third-order valence-corrected chi connectivity index (χ3v) is 4.14. The molecule has 1 aromatic heterocycles. The summed E-state index contributed by atoms with van der Waals surface area (Å²) in [5.74, 6) is -0.589. The van der Waals surface area contributed by atoms with Gasteiger partial charge >= 0.3 is 6.18 Å². The van der Waals surface area contributed by atoms with Gasteiger partial charge in [-0.15, -0.1) is 0 Å². The van der Waals surface area contributed by atoms with Gasteiger partial charge in [-0.1, -0.05) is 12.1 Å². The first-order valence-corrected chi connectivity index (χ1v) is 8.00. The Morgan fingerprint density at radius 2 is 1.46 bits per heavy atom. The predicted molar refractivity (Wildman–Crippen MR) is 94.6 cm³/mol. The second-order valence-corrected chi connectivity index (χ2v) is 6.00. The molecule has 1 heterocycles. The van der Waals surface area contributed by atoms with Crippen LogP contribution in [-0.2, 0) is 6.18 Å². The van der Waals surface area contributed by atoms with E-state index in [2.05, 4.69) is 5.32 Å². The highest BCUT2D eigenvalue weighted by atomic mass is 19.4. The van der Waals surface area contributed by atoms with E-state index < -0.39 is 17.6 Å². The molecule has 3 nitrogen and oxygen atoms in total. The summed E-state index contributed by atoms with van der Waals surface area (Å²) in [6.45, 7) is 3.95. The molecule has 26 heavy (non-hydrogen) atoms. The molecule has 0 bridgehead atoms. The van der Waals surface area contributed by atoms with Gasteiger partial charge in [0.25, 0.3) is 5.91 Å². The van der Waals surface area contributed by atoms with E-state index in [4.69, 9.17) is 0 Å². The molecular weight excluding hydrogens is 341 g/mol. The van der Waals surface area contributed by atoms with E-state index in [0.29, 0.717) is 0 Å². The molecule has 0 spiro atoms. The molecule has 3 aromatic rings. The number of halogens is 3. The average Bonchev–Trinajstić information content (AvgIpc) is 2.93. The number of amides is 1. The van der Waals surface area contributed by atoms with Crippen LogP contribution in [0.2, 0.25) is 0 Å². The van der Waals surface area contributed by atoms with Crippen LogP contribution in [0.1, 0.15) is 27.3 Å². The van der Waals surface area contributed by atoms with Gasteiger partial charge in [0.05, 0.1) is 11.3 Å². The van der Waals surface area contributed by atoms with Crippen LogP contribution < -0.4 is 5.32 Å². The lowest BCUT2D eigenvalue weighted by Crippen LogP contribution is -2.16. The van der Waals surface area contributed by atoms with Crippen LogP contribution in [-0.4, -0.2) is 10.5 Å². The molecule has 0 aliphatic carbocycles. The maximum Gasteiger partial charge on any atom is 0.418 e. The van der Waals surface area contributed by atoms with E-state index in [1.807, 2.05) is 30.5 Å². The first-order valence-electron chi connectivity index (χ1n) is 8.00. The lowest BCUT2D eigenvalue weighted by atomic mass is 10.1.